The molecule has 86 valence electrons. The van der Waals surface area contributed by atoms with Gasteiger partial charge in [0.15, 0.2) is 0 Å². The van der Waals surface area contributed by atoms with E-state index in [4.69, 9.17) is 25.2 Å². The van der Waals surface area contributed by atoms with Crippen molar-refractivity contribution in [2.45, 2.75) is 24.7 Å². The Balaban J connectivity index is 4.05. The van der Waals surface area contributed by atoms with Crippen LogP contribution in [-0.2, 0) is 4.74 Å². The highest BCUT2D eigenvalue weighted by molar-refractivity contribution is 4.70. The van der Waals surface area contributed by atoms with Crippen molar-refractivity contribution in [3.63, 3.8) is 0 Å². The molecule has 0 unspecified atom stereocenters. The number of hydrogen-bond donors (Lipinski definition) is 5. The van der Waals surface area contributed by atoms with Crippen LogP contribution in [0.3, 0.4) is 0 Å². The summed E-state index contributed by atoms with van der Waals surface area (Å²) in [6.07, 6.45) is -2.57. The van der Waals surface area contributed by atoms with Crippen LogP contribution < -0.4 is 0 Å². The van der Waals surface area contributed by atoms with E-state index in [1.165, 1.54) is 0 Å². The summed E-state index contributed by atoms with van der Waals surface area (Å²) in [6.45, 7) is -1.45. The van der Waals surface area contributed by atoms with Gasteiger partial charge < -0.3 is 30.3 Å². The van der Waals surface area contributed by atoms with Crippen molar-refractivity contribution >= 4 is 0 Å². The maximum atomic E-state index is 9.24. The predicted octanol–water partition coefficient (Wildman–Crippen LogP) is -2.54. The second-order valence-corrected chi connectivity index (χ2v) is 2.92. The van der Waals surface area contributed by atoms with Crippen LogP contribution in [0.4, 0.5) is 0 Å². The summed E-state index contributed by atoms with van der Waals surface area (Å²) < 4.78 is 5.07. The Labute approximate surface area is 82.4 Å². The maximum Gasteiger partial charge on any atom is 0.104 e. The van der Waals surface area contributed by atoms with Gasteiger partial charge >= 0.3 is 0 Å². The second-order valence-electron chi connectivity index (χ2n) is 2.92. The van der Waals surface area contributed by atoms with Crippen LogP contribution in [0.15, 0.2) is 0 Å². The van der Waals surface area contributed by atoms with Crippen molar-refractivity contribution in [2.75, 3.05) is 26.4 Å². The van der Waals surface area contributed by atoms with E-state index in [1.807, 2.05) is 0 Å². The van der Waals surface area contributed by atoms with Gasteiger partial charge in [0.2, 0.25) is 0 Å². The van der Waals surface area contributed by atoms with Gasteiger partial charge in [-0.1, -0.05) is 0 Å². The molecule has 0 saturated heterocycles. The molecular weight excluding hydrogens is 192 g/mol. The minimum Gasteiger partial charge on any atom is -0.396 e. The third kappa shape index (κ3) is 4.85. The van der Waals surface area contributed by atoms with E-state index in [0.29, 0.717) is 0 Å². The Morgan fingerprint density at radius 2 is 1.50 bits per heavy atom. The Hall–Kier alpha value is -0.240. The molecule has 0 spiro atoms. The van der Waals surface area contributed by atoms with E-state index in [9.17, 15) is 5.11 Å². The minimum absolute atomic E-state index is 0.137. The van der Waals surface area contributed by atoms with Crippen LogP contribution >= 0.6 is 0 Å². The average Bonchev–Trinajstić information content (AvgIpc) is 2.23. The molecule has 0 saturated carbocycles. The summed E-state index contributed by atoms with van der Waals surface area (Å²) in [5.41, 5.74) is 0. The van der Waals surface area contributed by atoms with Gasteiger partial charge in [0.1, 0.15) is 12.2 Å². The van der Waals surface area contributed by atoms with Crippen LogP contribution in [0.2, 0.25) is 0 Å². The van der Waals surface area contributed by atoms with Crippen molar-refractivity contribution < 1.29 is 30.3 Å². The molecule has 5 N–H and O–H groups in total. The normalized spacial score (nSPS) is 15.9. The summed E-state index contributed by atoms with van der Waals surface area (Å²) in [4.78, 5) is 0. The maximum absolute atomic E-state index is 9.24. The van der Waals surface area contributed by atoms with E-state index in [1.54, 1.807) is 0 Å². The molecule has 6 heteroatoms. The molecule has 0 heterocycles. The van der Waals surface area contributed by atoms with Crippen LogP contribution in [-0.4, -0.2) is 70.3 Å². The Morgan fingerprint density at radius 1 is 0.929 bits per heavy atom. The number of aliphatic hydroxyl groups excluding tert-OH is 5. The topological polar surface area (TPSA) is 110 Å². The van der Waals surface area contributed by atoms with E-state index in [0.717, 1.165) is 0 Å². The molecule has 0 amide bonds. The van der Waals surface area contributed by atoms with Gasteiger partial charge in [-0.2, -0.15) is 0 Å². The highest BCUT2D eigenvalue weighted by Crippen LogP contribution is 2.07. The first-order valence-electron chi connectivity index (χ1n) is 4.46. The summed E-state index contributed by atoms with van der Waals surface area (Å²) in [5.74, 6) is 0. The zero-order chi connectivity index (χ0) is 11.0. The Morgan fingerprint density at radius 3 is 1.86 bits per heavy atom. The van der Waals surface area contributed by atoms with Crippen LogP contribution in [0.5, 0.6) is 0 Å². The molecule has 0 aromatic heterocycles. The molecule has 0 aromatic carbocycles. The van der Waals surface area contributed by atoms with E-state index >= 15 is 0 Å². The highest BCUT2D eigenvalue weighted by atomic mass is 16.5. The number of ether oxygens (including phenoxy) is 1. The van der Waals surface area contributed by atoms with Gasteiger partial charge in [-0.15, -0.1) is 0 Å². The van der Waals surface area contributed by atoms with Crippen LogP contribution in [0.25, 0.3) is 0 Å². The average molecular weight is 210 g/mol. The first kappa shape index (κ1) is 13.8. The molecule has 0 aromatic rings. The molecule has 0 rings (SSSR count). The Bertz CT molecular complexity index is 124. The molecule has 0 aliphatic rings. The molecular formula is C8H18O6. The van der Waals surface area contributed by atoms with Crippen molar-refractivity contribution in [1.82, 2.24) is 0 Å². The fourth-order valence-electron chi connectivity index (χ4n) is 0.987. The molecule has 0 fully saturated rings. The fourth-order valence-corrected chi connectivity index (χ4v) is 0.987. The summed E-state index contributed by atoms with van der Waals surface area (Å²) in [5, 5.41) is 43.9. The smallest absolute Gasteiger partial charge is 0.104 e. The molecule has 0 aliphatic carbocycles. The quantitative estimate of drug-likeness (QED) is 0.302. The number of rotatable bonds is 8. The summed E-state index contributed by atoms with van der Waals surface area (Å²) in [6, 6.07) is 0. The van der Waals surface area contributed by atoms with Gasteiger partial charge in [0, 0.05) is 6.61 Å². The molecule has 6 nitrogen and oxygen atoms in total. The lowest BCUT2D eigenvalue weighted by Crippen LogP contribution is -2.38. The third-order valence-corrected chi connectivity index (χ3v) is 1.80. The number of hydrogen-bond acceptors (Lipinski definition) is 6. The lowest BCUT2D eigenvalue weighted by Gasteiger charge is -2.25. The first-order chi connectivity index (χ1) is 6.69. The summed E-state index contributed by atoms with van der Waals surface area (Å²) >= 11 is 0. The van der Waals surface area contributed by atoms with E-state index in [2.05, 4.69) is 0 Å². The number of aliphatic hydroxyl groups is 5. The van der Waals surface area contributed by atoms with Gasteiger partial charge in [-0.3, -0.25) is 0 Å². The fraction of sp³-hybridized carbons (Fsp3) is 1.00. The van der Waals surface area contributed by atoms with Crippen molar-refractivity contribution in [2.24, 2.45) is 0 Å². The van der Waals surface area contributed by atoms with E-state index in [-0.39, 0.29) is 26.2 Å². The molecule has 2 atom stereocenters. The molecule has 14 heavy (non-hydrogen) atoms. The van der Waals surface area contributed by atoms with Gasteiger partial charge in [0.25, 0.3) is 0 Å². The monoisotopic (exact) mass is 210 g/mol. The molecule has 0 aliphatic heterocycles. The highest BCUT2D eigenvalue weighted by Gasteiger charge is 2.22. The van der Waals surface area contributed by atoms with Gasteiger partial charge in [-0.25, -0.2) is 0 Å². The first-order valence-corrected chi connectivity index (χ1v) is 4.46. The third-order valence-electron chi connectivity index (χ3n) is 1.80. The van der Waals surface area contributed by atoms with Gasteiger partial charge in [0.05, 0.1) is 25.9 Å². The zero-order valence-corrected chi connectivity index (χ0v) is 7.91. The molecule has 0 bridgehead atoms. The van der Waals surface area contributed by atoms with Gasteiger partial charge in [-0.05, 0) is 6.42 Å². The largest absolute Gasteiger partial charge is 0.396 e. The second kappa shape index (κ2) is 8.10. The van der Waals surface area contributed by atoms with Crippen molar-refractivity contribution in [1.29, 1.82) is 0 Å². The van der Waals surface area contributed by atoms with Crippen molar-refractivity contribution in [3.05, 3.63) is 0 Å². The lowest BCUT2D eigenvalue weighted by atomic mass is 10.1. The summed E-state index contributed by atoms with van der Waals surface area (Å²) in [7, 11) is 0. The SMILES string of the molecule is OCC[C@@H](OC(CO)CO)[C@H](O)CO. The predicted molar refractivity (Wildman–Crippen MR) is 47.6 cm³/mol. The minimum atomic E-state index is -1.12. The standard InChI is InChI=1S/C8H18O6/c9-2-1-8(7(13)5-12)14-6(3-10)4-11/h6-13H,1-5H2/t7-,8-/m1/s1. The molecule has 0 radical (unpaired) electrons. The van der Waals surface area contributed by atoms with E-state index < -0.39 is 24.9 Å². The van der Waals surface area contributed by atoms with Crippen LogP contribution in [0, 0.1) is 0 Å². The Kier molecular flexibility index (Phi) is 7.96. The lowest BCUT2D eigenvalue weighted by molar-refractivity contribution is -0.122. The van der Waals surface area contributed by atoms with Crippen LogP contribution in [0.1, 0.15) is 6.42 Å². The van der Waals surface area contributed by atoms with Crippen molar-refractivity contribution in [3.8, 4) is 0 Å². The zero-order valence-electron chi connectivity index (χ0n) is 7.91.